The van der Waals surface area contributed by atoms with Crippen LogP contribution < -0.4 is 25.9 Å². The third-order valence-electron chi connectivity index (χ3n) is 2.31. The lowest BCUT2D eigenvalue weighted by molar-refractivity contribution is -0.119. The van der Waals surface area contributed by atoms with Crippen LogP contribution in [-0.4, -0.2) is 38.4 Å². The summed E-state index contributed by atoms with van der Waals surface area (Å²) in [5.74, 6) is 0.947. The lowest BCUT2D eigenvalue weighted by atomic mass is 10.2. The first-order valence-corrected chi connectivity index (χ1v) is 6.16. The number of hydrazone groups is 1. The second-order valence-corrected chi connectivity index (χ2v) is 3.98. The van der Waals surface area contributed by atoms with E-state index < -0.39 is 6.03 Å². The van der Waals surface area contributed by atoms with Gasteiger partial charge in [-0.05, 0) is 23.8 Å². The van der Waals surface area contributed by atoms with Crippen LogP contribution in [0.25, 0.3) is 0 Å². The Morgan fingerprint density at radius 2 is 2.14 bits per heavy atom. The predicted molar refractivity (Wildman–Crippen MR) is 77.5 cm³/mol. The minimum Gasteiger partial charge on any atom is -0.493 e. The third kappa shape index (κ3) is 6.28. The number of nitrogens with one attached hydrogen (secondary N) is 2. The fourth-order valence-corrected chi connectivity index (χ4v) is 1.44. The van der Waals surface area contributed by atoms with Gasteiger partial charge < -0.3 is 20.5 Å². The molecule has 21 heavy (non-hydrogen) atoms. The van der Waals surface area contributed by atoms with Crippen LogP contribution in [-0.2, 0) is 4.79 Å². The Bertz CT molecular complexity index is 531. The molecule has 1 aromatic carbocycles. The van der Waals surface area contributed by atoms with Gasteiger partial charge in [-0.15, -0.1) is 0 Å². The van der Waals surface area contributed by atoms with Gasteiger partial charge in [-0.25, -0.2) is 10.2 Å². The summed E-state index contributed by atoms with van der Waals surface area (Å²) in [7, 11) is 1.51. The van der Waals surface area contributed by atoms with Crippen LogP contribution in [0.5, 0.6) is 11.5 Å². The maximum absolute atomic E-state index is 10.7. The lowest BCUT2D eigenvalue weighted by Gasteiger charge is -2.11. The number of benzene rings is 1. The number of ether oxygens (including phenoxy) is 2. The molecule has 0 radical (unpaired) electrons. The second kappa shape index (κ2) is 8.41. The molecule has 0 aliphatic rings. The first-order chi connectivity index (χ1) is 10.0. The monoisotopic (exact) mass is 294 g/mol. The third-order valence-corrected chi connectivity index (χ3v) is 2.31. The quantitative estimate of drug-likeness (QED) is 0.379. The van der Waals surface area contributed by atoms with Crippen molar-refractivity contribution in [3.63, 3.8) is 0 Å². The lowest BCUT2D eigenvalue weighted by Crippen LogP contribution is -2.25. The van der Waals surface area contributed by atoms with Crippen LogP contribution in [0.1, 0.15) is 12.5 Å². The van der Waals surface area contributed by atoms with Crippen LogP contribution in [0.2, 0.25) is 0 Å². The Balaban J connectivity index is 2.63. The summed E-state index contributed by atoms with van der Waals surface area (Å²) in [5, 5.41) is 6.27. The normalized spacial score (nSPS) is 10.2. The molecule has 0 saturated carbocycles. The molecule has 0 bridgehead atoms. The van der Waals surface area contributed by atoms with Gasteiger partial charge in [-0.3, -0.25) is 4.79 Å². The molecular formula is C13H18N4O4. The topological polar surface area (TPSA) is 115 Å². The molecule has 1 aromatic rings. The van der Waals surface area contributed by atoms with Gasteiger partial charge in [-0.1, -0.05) is 0 Å². The Morgan fingerprint density at radius 1 is 1.38 bits per heavy atom. The molecular weight excluding hydrogens is 276 g/mol. The van der Waals surface area contributed by atoms with Crippen molar-refractivity contribution in [2.24, 2.45) is 10.8 Å². The molecule has 1 rings (SSSR count). The molecule has 8 heteroatoms. The number of rotatable bonds is 7. The first-order valence-electron chi connectivity index (χ1n) is 6.16. The Hall–Kier alpha value is -2.77. The summed E-state index contributed by atoms with van der Waals surface area (Å²) in [6.45, 7) is 2.17. The summed E-state index contributed by atoms with van der Waals surface area (Å²) >= 11 is 0. The highest BCUT2D eigenvalue weighted by atomic mass is 16.5. The molecule has 0 fully saturated rings. The van der Waals surface area contributed by atoms with E-state index in [4.69, 9.17) is 15.2 Å². The van der Waals surface area contributed by atoms with E-state index in [0.717, 1.165) is 0 Å². The standard InChI is InChI=1S/C13H18N4O4/c1-9(18)15-5-6-21-11-4-3-10(7-12(11)20-2)8-16-17-13(14)19/h3-4,7-8H,5-6H2,1-2H3,(H,15,18)(H3,14,17,19). The molecule has 4 N–H and O–H groups in total. The SMILES string of the molecule is COc1cc(C=NNC(N)=O)ccc1OCCNC(C)=O. The Morgan fingerprint density at radius 3 is 2.76 bits per heavy atom. The van der Waals surface area contributed by atoms with Crippen molar-refractivity contribution in [2.75, 3.05) is 20.3 Å². The van der Waals surface area contributed by atoms with Gasteiger partial charge in [0, 0.05) is 6.92 Å². The number of amides is 3. The zero-order chi connectivity index (χ0) is 15.7. The fourth-order valence-electron chi connectivity index (χ4n) is 1.44. The molecule has 0 aliphatic carbocycles. The van der Waals surface area contributed by atoms with Gasteiger partial charge in [0.25, 0.3) is 0 Å². The van der Waals surface area contributed by atoms with Gasteiger partial charge in [0.15, 0.2) is 11.5 Å². The largest absolute Gasteiger partial charge is 0.493 e. The average Bonchev–Trinajstić information content (AvgIpc) is 2.43. The van der Waals surface area contributed by atoms with Gasteiger partial charge in [0.1, 0.15) is 6.61 Å². The molecule has 0 heterocycles. The number of hydrogen-bond acceptors (Lipinski definition) is 5. The number of urea groups is 1. The summed E-state index contributed by atoms with van der Waals surface area (Å²) in [4.78, 5) is 21.2. The molecule has 0 saturated heterocycles. The number of nitrogens with two attached hydrogens (primary N) is 1. The predicted octanol–water partition coefficient (Wildman–Crippen LogP) is 0.212. The van der Waals surface area contributed by atoms with Gasteiger partial charge in [0.05, 0.1) is 19.9 Å². The minimum atomic E-state index is -0.740. The number of nitrogens with zero attached hydrogens (tertiary/aromatic N) is 1. The maximum atomic E-state index is 10.7. The van der Waals surface area contributed by atoms with Crippen molar-refractivity contribution in [3.05, 3.63) is 23.8 Å². The van der Waals surface area contributed by atoms with Crippen molar-refractivity contribution in [1.82, 2.24) is 10.7 Å². The van der Waals surface area contributed by atoms with Crippen LogP contribution in [0.4, 0.5) is 4.79 Å². The van der Waals surface area contributed by atoms with Crippen molar-refractivity contribution >= 4 is 18.2 Å². The minimum absolute atomic E-state index is 0.112. The Kier molecular flexibility index (Phi) is 6.52. The zero-order valence-corrected chi connectivity index (χ0v) is 11.9. The number of primary amides is 1. The van der Waals surface area contributed by atoms with Crippen LogP contribution in [0.3, 0.4) is 0 Å². The van der Waals surface area contributed by atoms with Crippen molar-refractivity contribution < 1.29 is 19.1 Å². The van der Waals surface area contributed by atoms with E-state index in [1.54, 1.807) is 18.2 Å². The summed E-state index contributed by atoms with van der Waals surface area (Å²) in [6.07, 6.45) is 1.42. The highest BCUT2D eigenvalue weighted by molar-refractivity contribution is 5.82. The van der Waals surface area contributed by atoms with Crippen molar-refractivity contribution in [1.29, 1.82) is 0 Å². The van der Waals surface area contributed by atoms with Gasteiger partial charge in [-0.2, -0.15) is 5.10 Å². The molecule has 8 nitrogen and oxygen atoms in total. The van der Waals surface area contributed by atoms with Crippen LogP contribution in [0, 0.1) is 0 Å². The van der Waals surface area contributed by atoms with Crippen LogP contribution >= 0.6 is 0 Å². The van der Waals surface area contributed by atoms with Gasteiger partial charge >= 0.3 is 6.03 Å². The zero-order valence-electron chi connectivity index (χ0n) is 11.9. The van der Waals surface area contributed by atoms with E-state index in [1.807, 2.05) is 0 Å². The van der Waals surface area contributed by atoms with E-state index in [2.05, 4.69) is 15.8 Å². The molecule has 3 amide bonds. The highest BCUT2D eigenvalue weighted by Gasteiger charge is 2.05. The molecule has 0 spiro atoms. The fraction of sp³-hybridized carbons (Fsp3) is 0.308. The van der Waals surface area contributed by atoms with Crippen LogP contribution in [0.15, 0.2) is 23.3 Å². The van der Waals surface area contributed by atoms with E-state index >= 15 is 0 Å². The number of hydrogen-bond donors (Lipinski definition) is 3. The van der Waals surface area contributed by atoms with E-state index in [1.165, 1.54) is 20.2 Å². The summed E-state index contributed by atoms with van der Waals surface area (Å²) in [5.41, 5.74) is 7.69. The first kappa shape index (κ1) is 16.3. The van der Waals surface area contributed by atoms with E-state index in [-0.39, 0.29) is 5.91 Å². The molecule has 0 atom stereocenters. The molecule has 114 valence electrons. The maximum Gasteiger partial charge on any atom is 0.332 e. The summed E-state index contributed by atoms with van der Waals surface area (Å²) < 4.78 is 10.7. The van der Waals surface area contributed by atoms with Gasteiger partial charge in [0.2, 0.25) is 5.91 Å². The average molecular weight is 294 g/mol. The van der Waals surface area contributed by atoms with E-state index in [0.29, 0.717) is 30.2 Å². The smallest absolute Gasteiger partial charge is 0.332 e. The molecule has 0 aliphatic heterocycles. The Labute approximate surface area is 122 Å². The molecule has 0 aromatic heterocycles. The summed E-state index contributed by atoms with van der Waals surface area (Å²) in [6, 6.07) is 4.40. The second-order valence-electron chi connectivity index (χ2n) is 3.98. The highest BCUT2D eigenvalue weighted by Crippen LogP contribution is 2.27. The number of carbonyl (C=O) groups is 2. The van der Waals surface area contributed by atoms with E-state index in [9.17, 15) is 9.59 Å². The number of methoxy groups -OCH3 is 1. The van der Waals surface area contributed by atoms with Crippen molar-refractivity contribution in [3.8, 4) is 11.5 Å². The van der Waals surface area contributed by atoms with Crippen molar-refractivity contribution in [2.45, 2.75) is 6.92 Å². The molecule has 0 unspecified atom stereocenters. The number of carbonyl (C=O) groups excluding carboxylic acids is 2.